The Morgan fingerprint density at radius 1 is 1.19 bits per heavy atom. The molecule has 0 aliphatic carbocycles. The minimum Gasteiger partial charge on any atom is -0.487 e. The molecule has 3 heteroatoms. The van der Waals surface area contributed by atoms with E-state index >= 15 is 0 Å². The fraction of sp³-hybridized carbons (Fsp3) is 0.667. The Bertz CT molecular complexity index is 532. The van der Waals surface area contributed by atoms with Crippen molar-refractivity contribution in [2.75, 3.05) is 19.6 Å². The van der Waals surface area contributed by atoms with Gasteiger partial charge in [-0.3, -0.25) is 0 Å². The molecule has 2 atom stereocenters. The van der Waals surface area contributed by atoms with Crippen molar-refractivity contribution in [1.29, 1.82) is 0 Å². The lowest BCUT2D eigenvalue weighted by atomic mass is 9.78. The summed E-state index contributed by atoms with van der Waals surface area (Å²) in [6.07, 6.45) is 2.64. The molecular weight excluding hydrogens is 260 g/mol. The molecule has 1 fully saturated rings. The van der Waals surface area contributed by atoms with Gasteiger partial charge in [0.25, 0.3) is 0 Å². The van der Waals surface area contributed by atoms with E-state index in [9.17, 15) is 0 Å². The van der Waals surface area contributed by atoms with Gasteiger partial charge in [-0.1, -0.05) is 6.07 Å². The maximum atomic E-state index is 6.66. The van der Waals surface area contributed by atoms with Crippen molar-refractivity contribution < 1.29 is 4.74 Å². The number of benzene rings is 1. The summed E-state index contributed by atoms with van der Waals surface area (Å²) < 4.78 is 6.34. The van der Waals surface area contributed by atoms with Crippen LogP contribution in [0.5, 0.6) is 5.75 Å². The number of ether oxygens (including phenoxy) is 1. The molecule has 116 valence electrons. The Labute approximate surface area is 128 Å². The predicted molar refractivity (Wildman–Crippen MR) is 86.7 cm³/mol. The van der Waals surface area contributed by atoms with Gasteiger partial charge in [0.2, 0.25) is 0 Å². The summed E-state index contributed by atoms with van der Waals surface area (Å²) in [6.45, 7) is 12.1. The molecule has 0 aromatic heterocycles. The molecule has 2 aliphatic rings. The molecule has 3 nitrogen and oxygen atoms in total. The molecule has 0 saturated carbocycles. The standard InChI is InChI=1S/C18H28N2O/c1-12-9-14-16(10-13(12)2)21-18(3,4)15(17(14)19)11-20-7-5-6-8-20/h9-10,15,17H,5-8,11,19H2,1-4H3. The molecule has 0 spiro atoms. The second-order valence-corrected chi connectivity index (χ2v) is 7.32. The first-order valence-corrected chi connectivity index (χ1v) is 8.16. The van der Waals surface area contributed by atoms with Gasteiger partial charge in [-0.05, 0) is 70.8 Å². The average Bonchev–Trinajstić information content (AvgIpc) is 2.90. The van der Waals surface area contributed by atoms with Crippen molar-refractivity contribution >= 4 is 0 Å². The zero-order chi connectivity index (χ0) is 15.2. The molecule has 3 rings (SSSR count). The third kappa shape index (κ3) is 2.69. The summed E-state index contributed by atoms with van der Waals surface area (Å²) in [6, 6.07) is 4.43. The molecule has 2 aliphatic heterocycles. The summed E-state index contributed by atoms with van der Waals surface area (Å²) in [7, 11) is 0. The highest BCUT2D eigenvalue weighted by Crippen LogP contribution is 2.44. The van der Waals surface area contributed by atoms with Crippen LogP contribution < -0.4 is 10.5 Å². The molecule has 1 aromatic carbocycles. The molecule has 1 aromatic rings. The molecule has 2 unspecified atom stereocenters. The van der Waals surface area contributed by atoms with E-state index in [4.69, 9.17) is 10.5 Å². The van der Waals surface area contributed by atoms with Gasteiger partial charge in [0.05, 0.1) is 0 Å². The van der Waals surface area contributed by atoms with Crippen molar-refractivity contribution in [3.8, 4) is 5.75 Å². The normalized spacial score (nSPS) is 28.2. The van der Waals surface area contributed by atoms with E-state index in [0.29, 0.717) is 5.92 Å². The second-order valence-electron chi connectivity index (χ2n) is 7.32. The maximum absolute atomic E-state index is 6.66. The van der Waals surface area contributed by atoms with Crippen LogP contribution in [-0.4, -0.2) is 30.1 Å². The fourth-order valence-electron chi connectivity index (χ4n) is 3.75. The van der Waals surface area contributed by atoms with Crippen molar-refractivity contribution in [2.45, 2.75) is 52.2 Å². The van der Waals surface area contributed by atoms with Gasteiger partial charge in [0.15, 0.2) is 0 Å². The van der Waals surface area contributed by atoms with Crippen molar-refractivity contribution in [2.24, 2.45) is 11.7 Å². The lowest BCUT2D eigenvalue weighted by Gasteiger charge is -2.45. The van der Waals surface area contributed by atoms with Crippen molar-refractivity contribution in [1.82, 2.24) is 4.90 Å². The number of rotatable bonds is 2. The van der Waals surface area contributed by atoms with Crippen LogP contribution in [0.15, 0.2) is 12.1 Å². The number of fused-ring (bicyclic) bond motifs is 1. The fourth-order valence-corrected chi connectivity index (χ4v) is 3.75. The lowest BCUT2D eigenvalue weighted by Crippen LogP contribution is -2.51. The van der Waals surface area contributed by atoms with Gasteiger partial charge in [0.1, 0.15) is 11.4 Å². The number of hydrogen-bond donors (Lipinski definition) is 1. The third-order valence-electron chi connectivity index (χ3n) is 5.34. The monoisotopic (exact) mass is 288 g/mol. The number of nitrogens with two attached hydrogens (primary N) is 1. The van der Waals surface area contributed by atoms with E-state index in [1.165, 1.54) is 42.6 Å². The van der Waals surface area contributed by atoms with Crippen LogP contribution in [0.3, 0.4) is 0 Å². The summed E-state index contributed by atoms with van der Waals surface area (Å²) in [4.78, 5) is 2.54. The number of hydrogen-bond acceptors (Lipinski definition) is 3. The van der Waals surface area contributed by atoms with Crippen LogP contribution in [0.2, 0.25) is 0 Å². The van der Waals surface area contributed by atoms with Crippen molar-refractivity contribution in [3.63, 3.8) is 0 Å². The van der Waals surface area contributed by atoms with Crippen LogP contribution in [0, 0.1) is 19.8 Å². The summed E-state index contributed by atoms with van der Waals surface area (Å²) in [5.41, 5.74) is 10.2. The third-order valence-corrected chi connectivity index (χ3v) is 5.34. The topological polar surface area (TPSA) is 38.5 Å². The number of likely N-dealkylation sites (tertiary alicyclic amines) is 1. The number of nitrogens with zero attached hydrogens (tertiary/aromatic N) is 1. The summed E-state index contributed by atoms with van der Waals surface area (Å²) in [5.74, 6) is 1.32. The van der Waals surface area contributed by atoms with E-state index in [1.807, 2.05) is 0 Å². The molecule has 2 N–H and O–H groups in total. The summed E-state index contributed by atoms with van der Waals surface area (Å²) >= 11 is 0. The minimum atomic E-state index is -0.212. The van der Waals surface area contributed by atoms with Gasteiger partial charge >= 0.3 is 0 Å². The van der Waals surface area contributed by atoms with E-state index in [0.717, 1.165) is 12.3 Å². The van der Waals surface area contributed by atoms with Crippen LogP contribution >= 0.6 is 0 Å². The van der Waals surface area contributed by atoms with Gasteiger partial charge < -0.3 is 15.4 Å². The van der Waals surface area contributed by atoms with E-state index < -0.39 is 0 Å². The zero-order valence-corrected chi connectivity index (χ0v) is 13.8. The van der Waals surface area contributed by atoms with E-state index in [-0.39, 0.29) is 11.6 Å². The highest BCUT2D eigenvalue weighted by molar-refractivity contribution is 5.45. The predicted octanol–water partition coefficient (Wildman–Crippen LogP) is 3.19. The molecule has 0 amide bonds. The Morgan fingerprint density at radius 2 is 1.81 bits per heavy atom. The van der Waals surface area contributed by atoms with E-state index in [2.05, 4.69) is 44.7 Å². The van der Waals surface area contributed by atoms with Crippen LogP contribution in [0.4, 0.5) is 0 Å². The highest BCUT2D eigenvalue weighted by atomic mass is 16.5. The number of aryl methyl sites for hydroxylation is 2. The van der Waals surface area contributed by atoms with Crippen LogP contribution in [0.1, 0.15) is 49.4 Å². The molecule has 1 saturated heterocycles. The van der Waals surface area contributed by atoms with Gasteiger partial charge in [0, 0.05) is 24.1 Å². The molecule has 2 heterocycles. The largest absolute Gasteiger partial charge is 0.487 e. The van der Waals surface area contributed by atoms with E-state index in [1.54, 1.807) is 0 Å². The first-order valence-electron chi connectivity index (χ1n) is 8.16. The van der Waals surface area contributed by atoms with Crippen molar-refractivity contribution in [3.05, 3.63) is 28.8 Å². The average molecular weight is 288 g/mol. The summed E-state index contributed by atoms with van der Waals surface area (Å²) in [5, 5.41) is 0. The molecule has 21 heavy (non-hydrogen) atoms. The Morgan fingerprint density at radius 3 is 2.48 bits per heavy atom. The second kappa shape index (κ2) is 5.29. The SMILES string of the molecule is Cc1cc2c(cc1C)C(N)C(CN1CCCC1)C(C)(C)O2. The first kappa shape index (κ1) is 14.9. The Balaban J connectivity index is 1.92. The van der Waals surface area contributed by atoms with Crippen LogP contribution in [-0.2, 0) is 0 Å². The Hall–Kier alpha value is -1.06. The molecule has 0 bridgehead atoms. The Kier molecular flexibility index (Phi) is 3.74. The highest BCUT2D eigenvalue weighted by Gasteiger charge is 2.43. The smallest absolute Gasteiger partial charge is 0.125 e. The molecule has 0 radical (unpaired) electrons. The maximum Gasteiger partial charge on any atom is 0.125 e. The van der Waals surface area contributed by atoms with Crippen LogP contribution in [0.25, 0.3) is 0 Å². The zero-order valence-electron chi connectivity index (χ0n) is 13.8. The quantitative estimate of drug-likeness (QED) is 0.908. The first-order chi connectivity index (χ1) is 9.88. The van der Waals surface area contributed by atoms with Gasteiger partial charge in [-0.25, -0.2) is 0 Å². The minimum absolute atomic E-state index is 0.0589. The van der Waals surface area contributed by atoms with Gasteiger partial charge in [-0.2, -0.15) is 0 Å². The lowest BCUT2D eigenvalue weighted by molar-refractivity contribution is -0.00364. The molecular formula is C18H28N2O. The van der Waals surface area contributed by atoms with Gasteiger partial charge in [-0.15, -0.1) is 0 Å².